The number of halogens is 4. The van der Waals surface area contributed by atoms with E-state index in [0.29, 0.717) is 10.2 Å². The fourth-order valence-electron chi connectivity index (χ4n) is 2.06. The van der Waals surface area contributed by atoms with Gasteiger partial charge in [0.1, 0.15) is 5.75 Å². The number of nitrogens with one attached hydrogen (secondary N) is 1. The third-order valence-corrected chi connectivity index (χ3v) is 3.94. The summed E-state index contributed by atoms with van der Waals surface area (Å²) in [5.41, 5.74) is -0.754. The van der Waals surface area contributed by atoms with Crippen molar-refractivity contribution >= 4 is 21.8 Å². The quantitative estimate of drug-likeness (QED) is 0.797. The predicted molar refractivity (Wildman–Crippen MR) is 87.5 cm³/mol. The molecule has 0 fully saturated rings. The highest BCUT2D eigenvalue weighted by molar-refractivity contribution is 9.10. The SMILES string of the molecule is CC(Oc1ccccc1Br)C(=O)NCc1ccccc1C(F)(F)F. The summed E-state index contributed by atoms with van der Waals surface area (Å²) in [6.45, 7) is 1.31. The number of carbonyl (C=O) groups excluding carboxylic acids is 1. The van der Waals surface area contributed by atoms with Gasteiger partial charge in [0.05, 0.1) is 10.0 Å². The van der Waals surface area contributed by atoms with E-state index in [1.807, 2.05) is 0 Å². The molecule has 0 saturated heterocycles. The van der Waals surface area contributed by atoms with Crippen LogP contribution < -0.4 is 10.1 Å². The Morgan fingerprint density at radius 3 is 2.46 bits per heavy atom. The number of hydrogen-bond donors (Lipinski definition) is 1. The van der Waals surface area contributed by atoms with Gasteiger partial charge in [0.15, 0.2) is 6.10 Å². The molecule has 0 spiro atoms. The smallest absolute Gasteiger partial charge is 0.416 e. The van der Waals surface area contributed by atoms with Crippen molar-refractivity contribution in [2.24, 2.45) is 0 Å². The molecule has 3 nitrogen and oxygen atoms in total. The topological polar surface area (TPSA) is 38.3 Å². The van der Waals surface area contributed by atoms with Gasteiger partial charge in [-0.05, 0) is 46.6 Å². The first-order valence-electron chi connectivity index (χ1n) is 7.13. The maximum atomic E-state index is 12.9. The van der Waals surface area contributed by atoms with Crippen molar-refractivity contribution in [2.45, 2.75) is 25.7 Å². The number of alkyl halides is 3. The summed E-state index contributed by atoms with van der Waals surface area (Å²) in [6.07, 6.45) is -5.31. The summed E-state index contributed by atoms with van der Waals surface area (Å²) in [4.78, 5) is 12.1. The monoisotopic (exact) mass is 401 g/mol. The predicted octanol–water partition coefficient (Wildman–Crippen LogP) is 4.55. The van der Waals surface area contributed by atoms with Crippen molar-refractivity contribution in [2.75, 3.05) is 0 Å². The van der Waals surface area contributed by atoms with Gasteiger partial charge >= 0.3 is 6.18 Å². The molecule has 0 radical (unpaired) electrons. The lowest BCUT2D eigenvalue weighted by Gasteiger charge is -2.17. The van der Waals surface area contributed by atoms with Crippen molar-refractivity contribution in [3.05, 3.63) is 64.1 Å². The van der Waals surface area contributed by atoms with E-state index in [1.54, 1.807) is 24.3 Å². The Hall–Kier alpha value is -2.02. The van der Waals surface area contributed by atoms with Crippen LogP contribution in [-0.2, 0) is 17.5 Å². The first-order chi connectivity index (χ1) is 11.3. The molecule has 2 rings (SSSR count). The fourth-order valence-corrected chi connectivity index (χ4v) is 2.44. The molecular weight excluding hydrogens is 387 g/mol. The molecule has 0 saturated carbocycles. The van der Waals surface area contributed by atoms with Crippen LogP contribution in [0.5, 0.6) is 5.75 Å². The van der Waals surface area contributed by atoms with Crippen LogP contribution in [-0.4, -0.2) is 12.0 Å². The molecule has 1 unspecified atom stereocenters. The first kappa shape index (κ1) is 18.3. The summed E-state index contributed by atoms with van der Waals surface area (Å²) < 4.78 is 45.0. The van der Waals surface area contributed by atoms with E-state index in [1.165, 1.54) is 25.1 Å². The summed E-state index contributed by atoms with van der Waals surface area (Å²) in [5.74, 6) is -0.0152. The lowest BCUT2D eigenvalue weighted by Crippen LogP contribution is -2.36. The fraction of sp³-hybridized carbons (Fsp3) is 0.235. The molecule has 24 heavy (non-hydrogen) atoms. The van der Waals surface area contributed by atoms with E-state index >= 15 is 0 Å². The van der Waals surface area contributed by atoms with Crippen LogP contribution in [0, 0.1) is 0 Å². The normalized spacial score (nSPS) is 12.5. The van der Waals surface area contributed by atoms with Crippen molar-refractivity contribution in [1.29, 1.82) is 0 Å². The van der Waals surface area contributed by atoms with Gasteiger partial charge in [-0.2, -0.15) is 13.2 Å². The Labute approximate surface area is 146 Å². The van der Waals surface area contributed by atoms with E-state index < -0.39 is 23.8 Å². The Bertz CT molecular complexity index is 719. The molecule has 1 atom stereocenters. The standard InChI is InChI=1S/C17H15BrF3NO2/c1-11(24-15-9-5-4-8-14(15)18)16(23)22-10-12-6-2-3-7-13(12)17(19,20)21/h2-9,11H,10H2,1H3,(H,22,23). The van der Waals surface area contributed by atoms with Gasteiger partial charge in [-0.15, -0.1) is 0 Å². The number of benzene rings is 2. The zero-order valence-electron chi connectivity index (χ0n) is 12.7. The Morgan fingerprint density at radius 1 is 1.17 bits per heavy atom. The van der Waals surface area contributed by atoms with E-state index in [9.17, 15) is 18.0 Å². The van der Waals surface area contributed by atoms with Crippen LogP contribution in [0.4, 0.5) is 13.2 Å². The highest BCUT2D eigenvalue weighted by Gasteiger charge is 2.32. The van der Waals surface area contributed by atoms with Crippen LogP contribution in [0.3, 0.4) is 0 Å². The van der Waals surface area contributed by atoms with E-state index in [2.05, 4.69) is 21.2 Å². The number of carbonyl (C=O) groups is 1. The molecule has 1 amide bonds. The second-order valence-corrected chi connectivity index (χ2v) is 5.92. The first-order valence-corrected chi connectivity index (χ1v) is 7.92. The third-order valence-electron chi connectivity index (χ3n) is 3.29. The summed E-state index contributed by atoms with van der Waals surface area (Å²) in [7, 11) is 0. The van der Waals surface area contributed by atoms with E-state index in [0.717, 1.165) is 6.07 Å². The van der Waals surface area contributed by atoms with Crippen molar-refractivity contribution in [3.8, 4) is 5.75 Å². The average Bonchev–Trinajstić information content (AvgIpc) is 2.54. The largest absolute Gasteiger partial charge is 0.480 e. The molecule has 2 aromatic rings. The molecule has 0 aliphatic rings. The lowest BCUT2D eigenvalue weighted by atomic mass is 10.1. The number of para-hydroxylation sites is 1. The van der Waals surface area contributed by atoms with Crippen LogP contribution in [0.25, 0.3) is 0 Å². The maximum absolute atomic E-state index is 12.9. The van der Waals surface area contributed by atoms with E-state index in [-0.39, 0.29) is 12.1 Å². The van der Waals surface area contributed by atoms with Gasteiger partial charge < -0.3 is 10.1 Å². The molecule has 2 aromatic carbocycles. The van der Waals surface area contributed by atoms with Gasteiger partial charge in [0.25, 0.3) is 5.91 Å². The average molecular weight is 402 g/mol. The molecule has 128 valence electrons. The van der Waals surface area contributed by atoms with E-state index in [4.69, 9.17) is 4.74 Å². The number of amides is 1. The number of hydrogen-bond acceptors (Lipinski definition) is 2. The summed E-state index contributed by atoms with van der Waals surface area (Å²) in [5, 5.41) is 2.47. The highest BCUT2D eigenvalue weighted by atomic mass is 79.9. The molecule has 0 bridgehead atoms. The molecule has 1 N–H and O–H groups in total. The molecule has 0 aliphatic heterocycles. The van der Waals surface area contributed by atoms with Gasteiger partial charge in [-0.25, -0.2) is 0 Å². The van der Waals surface area contributed by atoms with Gasteiger partial charge in [0.2, 0.25) is 0 Å². The Morgan fingerprint density at radius 2 is 1.79 bits per heavy atom. The lowest BCUT2D eigenvalue weighted by molar-refractivity contribution is -0.138. The minimum atomic E-state index is -4.46. The maximum Gasteiger partial charge on any atom is 0.416 e. The van der Waals surface area contributed by atoms with Crippen molar-refractivity contribution in [1.82, 2.24) is 5.32 Å². The van der Waals surface area contributed by atoms with Crippen LogP contribution in [0.15, 0.2) is 53.0 Å². The molecule has 0 aromatic heterocycles. The minimum Gasteiger partial charge on any atom is -0.480 e. The van der Waals surface area contributed by atoms with Gasteiger partial charge in [0, 0.05) is 6.54 Å². The number of ether oxygens (including phenoxy) is 1. The number of rotatable bonds is 5. The molecule has 0 heterocycles. The zero-order chi connectivity index (χ0) is 17.7. The zero-order valence-corrected chi connectivity index (χ0v) is 14.3. The Balaban J connectivity index is 2.00. The second-order valence-electron chi connectivity index (χ2n) is 5.06. The Kier molecular flexibility index (Phi) is 5.88. The minimum absolute atomic E-state index is 0.00596. The summed E-state index contributed by atoms with van der Waals surface area (Å²) >= 11 is 3.30. The van der Waals surface area contributed by atoms with Crippen LogP contribution in [0.1, 0.15) is 18.1 Å². The molecular formula is C17H15BrF3NO2. The van der Waals surface area contributed by atoms with Crippen LogP contribution in [0.2, 0.25) is 0 Å². The van der Waals surface area contributed by atoms with Crippen molar-refractivity contribution < 1.29 is 22.7 Å². The molecule has 0 aliphatic carbocycles. The molecule has 7 heteroatoms. The van der Waals surface area contributed by atoms with Crippen molar-refractivity contribution in [3.63, 3.8) is 0 Å². The second kappa shape index (κ2) is 7.70. The van der Waals surface area contributed by atoms with Crippen LogP contribution >= 0.6 is 15.9 Å². The highest BCUT2D eigenvalue weighted by Crippen LogP contribution is 2.31. The van der Waals surface area contributed by atoms with Gasteiger partial charge in [-0.3, -0.25) is 4.79 Å². The van der Waals surface area contributed by atoms with Gasteiger partial charge in [-0.1, -0.05) is 30.3 Å². The summed E-state index contributed by atoms with van der Waals surface area (Å²) in [6, 6.07) is 12.1. The third kappa shape index (κ3) is 4.74.